The van der Waals surface area contributed by atoms with Gasteiger partial charge in [-0.1, -0.05) is 55.5 Å². The van der Waals surface area contributed by atoms with Crippen molar-refractivity contribution in [2.24, 2.45) is 0 Å². The van der Waals surface area contributed by atoms with Gasteiger partial charge in [-0.2, -0.15) is 0 Å². The van der Waals surface area contributed by atoms with E-state index in [1.54, 1.807) is 11.3 Å². The Morgan fingerprint density at radius 1 is 1.05 bits per heavy atom. The molecule has 6 nitrogen and oxygen atoms in total. The molecule has 2 N–H and O–H groups in total. The van der Waals surface area contributed by atoms with E-state index in [4.69, 9.17) is 4.74 Å². The topological polar surface area (TPSA) is 56.8 Å². The molecule has 7 heteroatoms. The second-order valence-electron chi connectivity index (χ2n) is 9.88. The normalized spacial score (nSPS) is 16.4. The summed E-state index contributed by atoms with van der Waals surface area (Å²) in [4.78, 5) is 18.9. The Labute approximate surface area is 225 Å². The van der Waals surface area contributed by atoms with Crippen LogP contribution in [-0.2, 0) is 10.3 Å². The molecule has 1 saturated heterocycles. The van der Waals surface area contributed by atoms with E-state index in [0.29, 0.717) is 12.3 Å². The van der Waals surface area contributed by atoms with E-state index in [-0.39, 0.29) is 17.6 Å². The van der Waals surface area contributed by atoms with Gasteiger partial charge in [0.1, 0.15) is 11.9 Å². The summed E-state index contributed by atoms with van der Waals surface area (Å²) in [5.41, 5.74) is 2.09. The van der Waals surface area contributed by atoms with Crippen LogP contribution in [0.25, 0.3) is 0 Å². The molecule has 198 valence electrons. The van der Waals surface area contributed by atoms with Gasteiger partial charge in [-0.15, -0.1) is 11.3 Å². The molecule has 0 aliphatic carbocycles. The monoisotopic (exact) mass is 520 g/mol. The molecule has 37 heavy (non-hydrogen) atoms. The molecule has 1 aliphatic rings. The van der Waals surface area contributed by atoms with Gasteiger partial charge in [0.2, 0.25) is 5.91 Å². The van der Waals surface area contributed by atoms with Gasteiger partial charge in [-0.25, -0.2) is 0 Å². The third-order valence-corrected chi connectivity index (χ3v) is 8.31. The summed E-state index contributed by atoms with van der Waals surface area (Å²) in [5, 5.41) is 8.59. The lowest BCUT2D eigenvalue weighted by molar-refractivity contribution is -0.118. The molecular weight excluding hydrogens is 480 g/mol. The molecule has 0 saturated carbocycles. The smallest absolute Gasteiger partial charge is 0.238 e. The highest BCUT2D eigenvalue weighted by molar-refractivity contribution is 7.10. The Balaban J connectivity index is 1.37. The van der Waals surface area contributed by atoms with E-state index in [1.807, 2.05) is 24.3 Å². The summed E-state index contributed by atoms with van der Waals surface area (Å²) in [5.74, 6) is 0.702. The predicted molar refractivity (Wildman–Crippen MR) is 153 cm³/mol. The van der Waals surface area contributed by atoms with Crippen molar-refractivity contribution in [3.05, 3.63) is 82.6 Å². The molecule has 0 unspecified atom stereocenters. The van der Waals surface area contributed by atoms with Crippen LogP contribution in [0.15, 0.2) is 72.1 Å². The van der Waals surface area contributed by atoms with Gasteiger partial charge >= 0.3 is 0 Å². The number of nitrogens with zero attached hydrogens (tertiary/aromatic N) is 2. The van der Waals surface area contributed by atoms with Gasteiger partial charge in [0.25, 0.3) is 0 Å². The number of likely N-dealkylation sites (tertiary alicyclic amines) is 1. The number of rotatable bonds is 12. The molecule has 0 radical (unpaired) electrons. The molecular formula is C30H40N4O2S. The second kappa shape index (κ2) is 13.2. The standard InChI is InChI=1S/C30H40N4O2S/c1-4-31-19-16-27(28-15-10-22-37-28)36-26-14-9-8-13-25(26)32-29(35)23-34-20-17-30(18-21-34,33(2)3)24-11-6-5-7-12-24/h5-15,22,27,31H,4,16-21,23H2,1-3H3,(H,32,35)/t27-/m1/s1. The van der Waals surface area contributed by atoms with Crippen molar-refractivity contribution in [1.82, 2.24) is 15.1 Å². The zero-order valence-corrected chi connectivity index (χ0v) is 23.1. The summed E-state index contributed by atoms with van der Waals surface area (Å²) >= 11 is 1.70. The number of amides is 1. The van der Waals surface area contributed by atoms with Crippen LogP contribution in [-0.4, -0.2) is 62.5 Å². The first kappa shape index (κ1) is 27.3. The van der Waals surface area contributed by atoms with Gasteiger partial charge in [0.05, 0.1) is 12.2 Å². The minimum absolute atomic E-state index is 0.00608. The molecule has 4 rings (SSSR count). The number of para-hydroxylation sites is 2. The van der Waals surface area contributed by atoms with E-state index in [1.165, 1.54) is 10.4 Å². The quantitative estimate of drug-likeness (QED) is 0.315. The highest BCUT2D eigenvalue weighted by Crippen LogP contribution is 2.37. The summed E-state index contributed by atoms with van der Waals surface area (Å²) in [6, 6.07) is 22.7. The third-order valence-electron chi connectivity index (χ3n) is 7.34. The van der Waals surface area contributed by atoms with Crippen molar-refractivity contribution in [3.63, 3.8) is 0 Å². The highest BCUT2D eigenvalue weighted by Gasteiger charge is 2.38. The van der Waals surface area contributed by atoms with E-state index in [0.717, 1.165) is 51.1 Å². The Morgan fingerprint density at radius 2 is 1.78 bits per heavy atom. The SMILES string of the molecule is CCNCC[C@@H](Oc1ccccc1NC(=O)CN1CCC(c2ccccc2)(N(C)C)CC1)c1cccs1. The number of benzene rings is 2. The molecule has 2 aromatic carbocycles. The minimum atomic E-state index is -0.0589. The molecule has 3 aromatic rings. The molecule has 1 amide bonds. The number of piperidine rings is 1. The minimum Gasteiger partial charge on any atom is -0.483 e. The van der Waals surface area contributed by atoms with Crippen LogP contribution in [0.4, 0.5) is 5.69 Å². The molecule has 1 aromatic heterocycles. The number of anilines is 1. The van der Waals surface area contributed by atoms with Gasteiger partial charge in [-0.3, -0.25) is 14.6 Å². The number of thiophene rings is 1. The van der Waals surface area contributed by atoms with Crippen LogP contribution in [0.2, 0.25) is 0 Å². The molecule has 1 fully saturated rings. The van der Waals surface area contributed by atoms with Crippen molar-refractivity contribution in [1.29, 1.82) is 0 Å². The zero-order valence-electron chi connectivity index (χ0n) is 22.3. The number of hydrogen-bond acceptors (Lipinski definition) is 6. The first-order valence-electron chi connectivity index (χ1n) is 13.3. The maximum absolute atomic E-state index is 13.1. The van der Waals surface area contributed by atoms with Crippen molar-refractivity contribution < 1.29 is 9.53 Å². The van der Waals surface area contributed by atoms with E-state index < -0.39 is 0 Å². The summed E-state index contributed by atoms with van der Waals surface area (Å²) < 4.78 is 6.47. The lowest BCUT2D eigenvalue weighted by atomic mass is 9.80. The van der Waals surface area contributed by atoms with Crippen LogP contribution in [0.5, 0.6) is 5.75 Å². The van der Waals surface area contributed by atoms with Crippen LogP contribution < -0.4 is 15.4 Å². The average Bonchev–Trinajstić information content (AvgIpc) is 3.45. The third kappa shape index (κ3) is 6.99. The van der Waals surface area contributed by atoms with Crippen LogP contribution in [0.1, 0.15) is 42.7 Å². The van der Waals surface area contributed by atoms with Crippen molar-refractivity contribution in [2.75, 3.05) is 52.1 Å². The molecule has 1 aliphatic heterocycles. The second-order valence-corrected chi connectivity index (χ2v) is 10.9. The Hall–Kier alpha value is -2.71. The van der Waals surface area contributed by atoms with Crippen molar-refractivity contribution >= 4 is 22.9 Å². The molecule has 0 bridgehead atoms. The summed E-state index contributed by atoms with van der Waals surface area (Å²) in [6.07, 6.45) is 2.78. The fraction of sp³-hybridized carbons (Fsp3) is 0.433. The summed E-state index contributed by atoms with van der Waals surface area (Å²) in [6.45, 7) is 6.05. The van der Waals surface area contributed by atoms with Gasteiger partial charge in [0, 0.05) is 29.9 Å². The van der Waals surface area contributed by atoms with E-state index in [9.17, 15) is 4.79 Å². The number of hydrogen-bond donors (Lipinski definition) is 2. The summed E-state index contributed by atoms with van der Waals surface area (Å²) in [7, 11) is 4.32. The van der Waals surface area contributed by atoms with Gasteiger partial charge in [-0.05, 0) is 69.2 Å². The number of ether oxygens (including phenoxy) is 1. The Morgan fingerprint density at radius 3 is 2.46 bits per heavy atom. The Bertz CT molecular complexity index is 1100. The molecule has 0 spiro atoms. The van der Waals surface area contributed by atoms with Crippen LogP contribution in [0, 0.1) is 0 Å². The average molecular weight is 521 g/mol. The van der Waals surface area contributed by atoms with Crippen molar-refractivity contribution in [3.8, 4) is 5.75 Å². The van der Waals surface area contributed by atoms with E-state index >= 15 is 0 Å². The molecule has 1 atom stereocenters. The van der Waals surface area contributed by atoms with Crippen LogP contribution in [0.3, 0.4) is 0 Å². The zero-order chi connectivity index (χ0) is 26.1. The van der Waals surface area contributed by atoms with Gasteiger partial charge in [0.15, 0.2) is 0 Å². The first-order chi connectivity index (χ1) is 18.0. The molecule has 2 heterocycles. The maximum atomic E-state index is 13.1. The predicted octanol–water partition coefficient (Wildman–Crippen LogP) is 5.36. The largest absolute Gasteiger partial charge is 0.483 e. The highest BCUT2D eigenvalue weighted by atomic mass is 32.1. The Kier molecular flexibility index (Phi) is 9.75. The lowest BCUT2D eigenvalue weighted by Crippen LogP contribution is -2.51. The van der Waals surface area contributed by atoms with Crippen LogP contribution >= 0.6 is 11.3 Å². The van der Waals surface area contributed by atoms with Crippen molar-refractivity contribution in [2.45, 2.75) is 37.8 Å². The fourth-order valence-electron chi connectivity index (χ4n) is 5.19. The number of carbonyl (C=O) groups excluding carboxylic acids is 1. The van der Waals surface area contributed by atoms with Gasteiger partial charge < -0.3 is 15.4 Å². The number of nitrogens with one attached hydrogen (secondary N) is 2. The van der Waals surface area contributed by atoms with E-state index in [2.05, 4.69) is 89.3 Å². The fourth-order valence-corrected chi connectivity index (χ4v) is 5.98. The first-order valence-corrected chi connectivity index (χ1v) is 14.1. The number of carbonyl (C=O) groups is 1. The lowest BCUT2D eigenvalue weighted by Gasteiger charge is -2.46. The maximum Gasteiger partial charge on any atom is 0.238 e.